The highest BCUT2D eigenvalue weighted by molar-refractivity contribution is 4.53. The molecule has 0 aliphatic rings. The average molecular weight is 121 g/mol. The third kappa shape index (κ3) is 4.02. The van der Waals surface area contributed by atoms with Crippen LogP contribution < -0.4 is 5.73 Å². The molecule has 2 N–H and O–H groups in total. The lowest BCUT2D eigenvalue weighted by molar-refractivity contribution is 0.163. The highest BCUT2D eigenvalue weighted by Gasteiger charge is 2.00. The summed E-state index contributed by atoms with van der Waals surface area (Å²) in [7, 11) is 1.54. The first kappa shape index (κ1) is 7.85. The summed E-state index contributed by atoms with van der Waals surface area (Å²) < 4.78 is 16.7. The number of nitrogens with two attached hydrogens (primary N) is 1. The zero-order valence-corrected chi connectivity index (χ0v) is 5.06. The summed E-state index contributed by atoms with van der Waals surface area (Å²) >= 11 is 0. The third-order valence-corrected chi connectivity index (χ3v) is 0.891. The molecule has 0 bridgehead atoms. The van der Waals surface area contributed by atoms with Crippen LogP contribution in [0.15, 0.2) is 0 Å². The molecule has 0 saturated carbocycles. The van der Waals surface area contributed by atoms with Crippen molar-refractivity contribution >= 4 is 0 Å². The van der Waals surface area contributed by atoms with Crippen molar-refractivity contribution in [1.82, 2.24) is 0 Å². The number of ether oxygens (including phenoxy) is 1. The van der Waals surface area contributed by atoms with Gasteiger partial charge in [-0.1, -0.05) is 0 Å². The van der Waals surface area contributed by atoms with E-state index >= 15 is 0 Å². The second kappa shape index (κ2) is 5.00. The lowest BCUT2D eigenvalue weighted by Crippen LogP contribution is -2.16. The molecule has 0 rings (SSSR count). The Kier molecular flexibility index (Phi) is 4.90. The fourth-order valence-corrected chi connectivity index (χ4v) is 0.364. The standard InChI is InChI=1S/C5H12FNO/c1-8-3-2-5(6)4-7/h5H,2-4,7H2,1H3/t5-/m0/s1. The van der Waals surface area contributed by atoms with Gasteiger partial charge in [-0.15, -0.1) is 0 Å². The molecule has 0 spiro atoms. The molecule has 0 amide bonds. The van der Waals surface area contributed by atoms with Crippen LogP contribution in [0.25, 0.3) is 0 Å². The number of methoxy groups -OCH3 is 1. The van der Waals surface area contributed by atoms with Crippen molar-refractivity contribution in [1.29, 1.82) is 0 Å². The molecule has 2 nitrogen and oxygen atoms in total. The van der Waals surface area contributed by atoms with Gasteiger partial charge in [0.1, 0.15) is 6.17 Å². The smallest absolute Gasteiger partial charge is 0.114 e. The van der Waals surface area contributed by atoms with Gasteiger partial charge in [-0.2, -0.15) is 0 Å². The second-order valence-corrected chi connectivity index (χ2v) is 1.61. The van der Waals surface area contributed by atoms with Crippen molar-refractivity contribution in [3.8, 4) is 0 Å². The maximum atomic E-state index is 12.1. The highest BCUT2D eigenvalue weighted by Crippen LogP contribution is 1.93. The van der Waals surface area contributed by atoms with E-state index in [9.17, 15) is 4.39 Å². The van der Waals surface area contributed by atoms with Gasteiger partial charge in [0, 0.05) is 26.7 Å². The molecule has 0 saturated heterocycles. The summed E-state index contributed by atoms with van der Waals surface area (Å²) in [6, 6.07) is 0. The Balaban J connectivity index is 2.86. The van der Waals surface area contributed by atoms with Crippen LogP contribution in [0.4, 0.5) is 4.39 Å². The van der Waals surface area contributed by atoms with Crippen LogP contribution in [0.1, 0.15) is 6.42 Å². The van der Waals surface area contributed by atoms with Gasteiger partial charge in [0.2, 0.25) is 0 Å². The van der Waals surface area contributed by atoms with Crippen LogP contribution >= 0.6 is 0 Å². The van der Waals surface area contributed by atoms with Gasteiger partial charge in [-0.25, -0.2) is 4.39 Å². The van der Waals surface area contributed by atoms with Gasteiger partial charge in [0.05, 0.1) is 0 Å². The molecule has 0 aliphatic heterocycles. The van der Waals surface area contributed by atoms with Gasteiger partial charge in [0.15, 0.2) is 0 Å². The Morgan fingerprint density at radius 2 is 2.38 bits per heavy atom. The minimum Gasteiger partial charge on any atom is -0.385 e. The van der Waals surface area contributed by atoms with Gasteiger partial charge in [-0.05, 0) is 0 Å². The van der Waals surface area contributed by atoms with Crippen LogP contribution in [0.5, 0.6) is 0 Å². The van der Waals surface area contributed by atoms with E-state index in [0.29, 0.717) is 13.0 Å². The molecule has 8 heavy (non-hydrogen) atoms. The third-order valence-electron chi connectivity index (χ3n) is 0.891. The second-order valence-electron chi connectivity index (χ2n) is 1.61. The highest BCUT2D eigenvalue weighted by atomic mass is 19.1. The first-order chi connectivity index (χ1) is 3.81. The van der Waals surface area contributed by atoms with E-state index in [0.717, 1.165) is 0 Å². The quantitative estimate of drug-likeness (QED) is 0.581. The van der Waals surface area contributed by atoms with Crippen LogP contribution in [-0.4, -0.2) is 26.4 Å². The Hall–Kier alpha value is -0.150. The molecule has 0 heterocycles. The van der Waals surface area contributed by atoms with Crippen molar-refractivity contribution in [2.45, 2.75) is 12.6 Å². The van der Waals surface area contributed by atoms with Crippen molar-refractivity contribution in [3.63, 3.8) is 0 Å². The maximum Gasteiger partial charge on any atom is 0.114 e. The molecule has 0 aromatic carbocycles. The Morgan fingerprint density at radius 1 is 1.75 bits per heavy atom. The van der Waals surface area contributed by atoms with Crippen molar-refractivity contribution in [2.24, 2.45) is 5.73 Å². The van der Waals surface area contributed by atoms with Crippen molar-refractivity contribution in [2.75, 3.05) is 20.3 Å². The SMILES string of the molecule is COCC[C@H](F)CN. The molecule has 0 aliphatic carbocycles. The monoisotopic (exact) mass is 121 g/mol. The molecule has 0 fully saturated rings. The number of hydrogen-bond donors (Lipinski definition) is 1. The van der Waals surface area contributed by atoms with Crippen LogP contribution in [-0.2, 0) is 4.74 Å². The first-order valence-corrected chi connectivity index (χ1v) is 2.64. The van der Waals surface area contributed by atoms with Gasteiger partial charge in [0.25, 0.3) is 0 Å². The number of rotatable bonds is 4. The predicted molar refractivity (Wildman–Crippen MR) is 30.4 cm³/mol. The van der Waals surface area contributed by atoms with Crippen molar-refractivity contribution < 1.29 is 9.13 Å². The molecule has 1 atom stereocenters. The summed E-state index contributed by atoms with van der Waals surface area (Å²) in [5.74, 6) is 0. The average Bonchev–Trinajstić information content (AvgIpc) is 1.83. The maximum absolute atomic E-state index is 12.1. The fourth-order valence-electron chi connectivity index (χ4n) is 0.364. The van der Waals surface area contributed by atoms with Crippen LogP contribution in [0.3, 0.4) is 0 Å². The summed E-state index contributed by atoms with van der Waals surface area (Å²) in [6.07, 6.45) is -0.484. The summed E-state index contributed by atoms with van der Waals surface area (Å²) in [5, 5.41) is 0. The zero-order chi connectivity index (χ0) is 6.41. The predicted octanol–water partition coefficient (Wildman–Crippen LogP) is 0.320. The molecule has 50 valence electrons. The summed E-state index contributed by atoms with van der Waals surface area (Å²) in [6.45, 7) is 0.557. The fraction of sp³-hybridized carbons (Fsp3) is 1.00. The first-order valence-electron chi connectivity index (χ1n) is 2.64. The zero-order valence-electron chi connectivity index (χ0n) is 5.06. The lowest BCUT2D eigenvalue weighted by Gasteiger charge is -2.01. The Labute approximate surface area is 48.8 Å². The minimum absolute atomic E-state index is 0.101. The van der Waals surface area contributed by atoms with E-state index < -0.39 is 6.17 Å². The minimum atomic E-state index is -0.894. The van der Waals surface area contributed by atoms with E-state index in [-0.39, 0.29) is 6.54 Å². The number of halogens is 1. The van der Waals surface area contributed by atoms with E-state index in [1.165, 1.54) is 0 Å². The van der Waals surface area contributed by atoms with E-state index in [4.69, 9.17) is 5.73 Å². The van der Waals surface area contributed by atoms with E-state index in [2.05, 4.69) is 4.74 Å². The largest absolute Gasteiger partial charge is 0.385 e. The van der Waals surface area contributed by atoms with Gasteiger partial charge >= 0.3 is 0 Å². The Morgan fingerprint density at radius 3 is 2.75 bits per heavy atom. The van der Waals surface area contributed by atoms with Crippen LogP contribution in [0, 0.1) is 0 Å². The van der Waals surface area contributed by atoms with Crippen molar-refractivity contribution in [3.05, 3.63) is 0 Å². The Bertz CT molecular complexity index is 51.7. The van der Waals surface area contributed by atoms with Crippen LogP contribution in [0.2, 0.25) is 0 Å². The van der Waals surface area contributed by atoms with Gasteiger partial charge < -0.3 is 10.5 Å². The molecular weight excluding hydrogens is 109 g/mol. The van der Waals surface area contributed by atoms with Gasteiger partial charge in [-0.3, -0.25) is 0 Å². The molecule has 0 unspecified atom stereocenters. The number of alkyl halides is 1. The summed E-state index contributed by atoms with van der Waals surface area (Å²) in [5.41, 5.74) is 4.98. The normalized spacial score (nSPS) is 13.9. The molecule has 3 heteroatoms. The number of hydrogen-bond acceptors (Lipinski definition) is 2. The molecule has 0 aromatic rings. The van der Waals surface area contributed by atoms with E-state index in [1.54, 1.807) is 7.11 Å². The summed E-state index contributed by atoms with van der Waals surface area (Å²) in [4.78, 5) is 0. The topological polar surface area (TPSA) is 35.2 Å². The molecular formula is C5H12FNO. The van der Waals surface area contributed by atoms with E-state index in [1.807, 2.05) is 0 Å². The molecule has 0 aromatic heterocycles. The molecule has 0 radical (unpaired) electrons. The lowest BCUT2D eigenvalue weighted by atomic mass is 10.3.